The van der Waals surface area contributed by atoms with E-state index < -0.39 is 0 Å². The van der Waals surface area contributed by atoms with Gasteiger partial charge in [-0.3, -0.25) is 19.4 Å². The Balaban J connectivity index is 1.18. The minimum atomic E-state index is -0.304. The van der Waals surface area contributed by atoms with Gasteiger partial charge in [-0.15, -0.1) is 0 Å². The molecule has 188 valence electrons. The van der Waals surface area contributed by atoms with E-state index in [1.807, 2.05) is 0 Å². The molecule has 37 heavy (non-hydrogen) atoms. The summed E-state index contributed by atoms with van der Waals surface area (Å²) in [4.78, 5) is 33.0. The van der Waals surface area contributed by atoms with Crippen LogP contribution in [0.25, 0.3) is 22.2 Å². The molecule has 2 heterocycles. The lowest BCUT2D eigenvalue weighted by Crippen LogP contribution is -2.56. The number of aldehydes is 1. The molecule has 2 aromatic carbocycles. The SMILES string of the molecule is O=CCC1CC2(C1)CC(NC(=O)c1cc(Cl)cc3cnn(Cc4cnc(-c5ccc(F)cc5)cn4)c13)C2. The Kier molecular flexibility index (Phi) is 5.99. The molecule has 2 aromatic heterocycles. The lowest BCUT2D eigenvalue weighted by atomic mass is 9.49. The van der Waals surface area contributed by atoms with Crippen molar-refractivity contribution in [3.8, 4) is 11.3 Å². The third-order valence-electron chi connectivity index (χ3n) is 7.67. The van der Waals surface area contributed by atoms with Gasteiger partial charge in [0.15, 0.2) is 0 Å². The summed E-state index contributed by atoms with van der Waals surface area (Å²) in [5.74, 6) is 0.0291. The van der Waals surface area contributed by atoms with E-state index in [-0.39, 0.29) is 17.8 Å². The first-order valence-corrected chi connectivity index (χ1v) is 12.8. The number of halogens is 2. The summed E-state index contributed by atoms with van der Waals surface area (Å²) in [5, 5.41) is 8.91. The molecule has 0 radical (unpaired) electrons. The summed E-state index contributed by atoms with van der Waals surface area (Å²) in [6.07, 6.45) is 10.7. The van der Waals surface area contributed by atoms with Gasteiger partial charge in [-0.2, -0.15) is 5.10 Å². The van der Waals surface area contributed by atoms with Gasteiger partial charge in [0.1, 0.15) is 12.1 Å². The van der Waals surface area contributed by atoms with Crippen molar-refractivity contribution in [3.63, 3.8) is 0 Å². The Labute approximate surface area is 218 Å². The molecule has 0 aliphatic heterocycles. The number of hydrogen-bond donors (Lipinski definition) is 1. The highest BCUT2D eigenvalue weighted by atomic mass is 35.5. The van der Waals surface area contributed by atoms with E-state index in [2.05, 4.69) is 20.4 Å². The highest BCUT2D eigenvalue weighted by Crippen LogP contribution is 2.59. The maximum absolute atomic E-state index is 13.3. The Hall–Kier alpha value is -3.65. The average Bonchev–Trinajstić information content (AvgIpc) is 3.24. The number of nitrogens with one attached hydrogen (secondary N) is 1. The number of carbonyl (C=O) groups excluding carboxylic acids is 2. The van der Waals surface area contributed by atoms with Crippen LogP contribution in [0, 0.1) is 17.2 Å². The topological polar surface area (TPSA) is 89.8 Å². The van der Waals surface area contributed by atoms with E-state index in [4.69, 9.17) is 11.6 Å². The third kappa shape index (κ3) is 4.62. The Morgan fingerprint density at radius 3 is 2.59 bits per heavy atom. The summed E-state index contributed by atoms with van der Waals surface area (Å²) < 4.78 is 15.0. The molecular formula is C28H25ClFN5O2. The van der Waals surface area contributed by atoms with Crippen LogP contribution in [0.5, 0.6) is 0 Å². The number of nitrogens with zero attached hydrogens (tertiary/aromatic N) is 4. The second kappa shape index (κ2) is 9.34. The van der Waals surface area contributed by atoms with Gasteiger partial charge in [0, 0.05) is 28.4 Å². The number of amides is 1. The molecule has 4 aromatic rings. The van der Waals surface area contributed by atoms with Crippen LogP contribution in [-0.4, -0.2) is 38.0 Å². The second-order valence-electron chi connectivity index (χ2n) is 10.3. The molecule has 2 saturated carbocycles. The van der Waals surface area contributed by atoms with Crippen LogP contribution in [-0.2, 0) is 11.3 Å². The standard InChI is InChI=1S/C28H25ClFN5O2/c29-20-7-19-13-33-35(16-23-14-32-25(15-31-23)18-1-3-21(30)4-2-18)26(19)24(8-20)27(37)34-22-11-28(12-22)9-17(10-28)5-6-36/h1-4,6-8,13-15,17,22H,5,9-12,16H2,(H,34,37). The van der Waals surface area contributed by atoms with Crippen LogP contribution in [0.1, 0.15) is 48.2 Å². The lowest BCUT2D eigenvalue weighted by Gasteiger charge is -2.57. The minimum absolute atomic E-state index is 0.125. The van der Waals surface area contributed by atoms with Gasteiger partial charge in [-0.1, -0.05) is 11.6 Å². The zero-order valence-electron chi connectivity index (χ0n) is 20.0. The Bertz CT molecular complexity index is 1470. The minimum Gasteiger partial charge on any atom is -0.349 e. The smallest absolute Gasteiger partial charge is 0.253 e. The molecule has 1 spiro atoms. The second-order valence-corrected chi connectivity index (χ2v) is 10.8. The Morgan fingerprint density at radius 1 is 1.11 bits per heavy atom. The highest BCUT2D eigenvalue weighted by molar-refractivity contribution is 6.32. The van der Waals surface area contributed by atoms with Crippen LogP contribution < -0.4 is 5.32 Å². The van der Waals surface area contributed by atoms with Gasteiger partial charge in [-0.05, 0) is 73.4 Å². The van der Waals surface area contributed by atoms with E-state index in [1.165, 1.54) is 12.1 Å². The quantitative estimate of drug-likeness (QED) is 0.340. The molecule has 7 nitrogen and oxygen atoms in total. The fourth-order valence-electron chi connectivity index (χ4n) is 6.00. The fraction of sp³-hybridized carbons (Fsp3) is 0.321. The molecule has 0 atom stereocenters. The number of hydrogen-bond acceptors (Lipinski definition) is 5. The van der Waals surface area contributed by atoms with Gasteiger partial charge in [0.05, 0.1) is 47.6 Å². The number of aromatic nitrogens is 4. The largest absolute Gasteiger partial charge is 0.349 e. The average molecular weight is 518 g/mol. The molecule has 2 aliphatic carbocycles. The molecule has 1 N–H and O–H groups in total. The van der Waals surface area contributed by atoms with Gasteiger partial charge in [0.2, 0.25) is 0 Å². The molecule has 2 aliphatic rings. The maximum Gasteiger partial charge on any atom is 0.253 e. The van der Waals surface area contributed by atoms with Crippen molar-refractivity contribution in [3.05, 3.63) is 77.1 Å². The fourth-order valence-corrected chi connectivity index (χ4v) is 6.23. The number of carbonyl (C=O) groups is 2. The van der Waals surface area contributed by atoms with Crippen molar-refractivity contribution in [2.75, 3.05) is 0 Å². The molecule has 1 amide bonds. The molecule has 0 saturated heterocycles. The van der Waals surface area contributed by atoms with Crippen molar-refractivity contribution in [2.45, 2.75) is 44.7 Å². The maximum atomic E-state index is 13.3. The number of rotatable bonds is 7. The van der Waals surface area contributed by atoms with E-state index in [1.54, 1.807) is 47.5 Å². The van der Waals surface area contributed by atoms with Crippen molar-refractivity contribution in [2.24, 2.45) is 11.3 Å². The van der Waals surface area contributed by atoms with Gasteiger partial charge < -0.3 is 10.1 Å². The summed E-state index contributed by atoms with van der Waals surface area (Å²) in [6, 6.07) is 9.69. The van der Waals surface area contributed by atoms with Crippen LogP contribution in [0.15, 0.2) is 55.0 Å². The molecule has 9 heteroatoms. The highest BCUT2D eigenvalue weighted by Gasteiger charge is 2.52. The summed E-state index contributed by atoms with van der Waals surface area (Å²) in [5.41, 5.74) is 3.56. The zero-order chi connectivity index (χ0) is 25.6. The molecule has 0 unspecified atom stereocenters. The van der Waals surface area contributed by atoms with E-state index in [0.29, 0.717) is 51.8 Å². The van der Waals surface area contributed by atoms with Crippen LogP contribution in [0.2, 0.25) is 5.02 Å². The van der Waals surface area contributed by atoms with Gasteiger partial charge in [-0.25, -0.2) is 4.39 Å². The normalized spacial score (nSPS) is 22.4. The number of fused-ring (bicyclic) bond motifs is 1. The monoisotopic (exact) mass is 517 g/mol. The first-order valence-electron chi connectivity index (χ1n) is 12.4. The summed E-state index contributed by atoms with van der Waals surface area (Å²) >= 11 is 6.34. The number of benzene rings is 2. The third-order valence-corrected chi connectivity index (χ3v) is 7.89. The predicted octanol–water partition coefficient (Wildman–Crippen LogP) is 5.21. The molecular weight excluding hydrogens is 493 g/mol. The van der Waals surface area contributed by atoms with Crippen molar-refractivity contribution in [1.82, 2.24) is 25.1 Å². The molecule has 2 fully saturated rings. The first-order chi connectivity index (χ1) is 17.9. The molecule has 0 bridgehead atoms. The predicted molar refractivity (Wildman–Crippen MR) is 138 cm³/mol. The van der Waals surface area contributed by atoms with E-state index in [0.717, 1.165) is 42.9 Å². The zero-order valence-corrected chi connectivity index (χ0v) is 20.8. The van der Waals surface area contributed by atoms with Crippen molar-refractivity contribution < 1.29 is 14.0 Å². The van der Waals surface area contributed by atoms with Crippen LogP contribution in [0.4, 0.5) is 4.39 Å². The van der Waals surface area contributed by atoms with Crippen LogP contribution in [0.3, 0.4) is 0 Å². The van der Waals surface area contributed by atoms with Gasteiger partial charge >= 0.3 is 0 Å². The lowest BCUT2D eigenvalue weighted by molar-refractivity contribution is -0.112. The first kappa shape index (κ1) is 23.7. The Morgan fingerprint density at radius 2 is 1.89 bits per heavy atom. The summed E-state index contributed by atoms with van der Waals surface area (Å²) in [7, 11) is 0. The molecule has 6 rings (SSSR count). The van der Waals surface area contributed by atoms with E-state index >= 15 is 0 Å². The van der Waals surface area contributed by atoms with Gasteiger partial charge in [0.25, 0.3) is 5.91 Å². The summed E-state index contributed by atoms with van der Waals surface area (Å²) in [6.45, 7) is 0.326. The van der Waals surface area contributed by atoms with Crippen molar-refractivity contribution in [1.29, 1.82) is 0 Å². The van der Waals surface area contributed by atoms with E-state index in [9.17, 15) is 14.0 Å². The van der Waals surface area contributed by atoms with Crippen molar-refractivity contribution >= 4 is 34.7 Å². The van der Waals surface area contributed by atoms with Crippen LogP contribution >= 0.6 is 11.6 Å².